The molecule has 2 heteroatoms. The molecule has 0 aliphatic heterocycles. The van der Waals surface area contributed by atoms with Crippen LogP contribution in [0.5, 0.6) is 0 Å². The lowest BCUT2D eigenvalue weighted by Gasteiger charge is -2.22. The van der Waals surface area contributed by atoms with Crippen LogP contribution in [-0.2, 0) is 6.42 Å². The maximum Gasteiger partial charge on any atom is 0.115 e. The Morgan fingerprint density at radius 2 is 2.29 bits per heavy atom. The summed E-state index contributed by atoms with van der Waals surface area (Å²) in [5, 5.41) is 0. The normalized spacial score (nSPS) is 24.9. The molecule has 1 unspecified atom stereocenters. The van der Waals surface area contributed by atoms with E-state index in [0.29, 0.717) is 12.8 Å². The van der Waals surface area contributed by atoms with E-state index in [4.69, 9.17) is 0 Å². The summed E-state index contributed by atoms with van der Waals surface area (Å²) in [5.74, 6) is 0. The van der Waals surface area contributed by atoms with Crippen molar-refractivity contribution in [2.24, 2.45) is 0 Å². The van der Waals surface area contributed by atoms with Gasteiger partial charge in [0, 0.05) is 18.8 Å². The number of rotatable bonds is 2. The van der Waals surface area contributed by atoms with Gasteiger partial charge in [-0.1, -0.05) is 29.9 Å². The van der Waals surface area contributed by atoms with Crippen LogP contribution in [0.15, 0.2) is 48.3 Å². The highest BCUT2D eigenvalue weighted by Crippen LogP contribution is 2.28. The quantitative estimate of drug-likeness (QED) is 0.700. The fraction of sp³-hybridized carbons (Fsp3) is 0.400. The lowest BCUT2D eigenvalue weighted by atomic mass is 9.89. The summed E-state index contributed by atoms with van der Waals surface area (Å²) in [5.41, 5.74) is 1.21. The van der Waals surface area contributed by atoms with Crippen LogP contribution in [0.2, 0.25) is 0 Å². The molecule has 0 amide bonds. The van der Waals surface area contributed by atoms with Crippen molar-refractivity contribution in [3.63, 3.8) is 0 Å². The fourth-order valence-corrected chi connectivity index (χ4v) is 2.18. The topological polar surface area (TPSA) is 12.9 Å². The van der Waals surface area contributed by atoms with E-state index in [2.05, 4.69) is 11.1 Å². The summed E-state index contributed by atoms with van der Waals surface area (Å²) in [7, 11) is 0. The molecule has 17 heavy (non-hydrogen) atoms. The maximum absolute atomic E-state index is 14.2. The second-order valence-electron chi connectivity index (χ2n) is 4.90. The zero-order chi connectivity index (χ0) is 12.1. The Hall–Kier alpha value is -1.44. The van der Waals surface area contributed by atoms with E-state index in [1.165, 1.54) is 5.57 Å². The Morgan fingerprint density at radius 3 is 3.06 bits per heavy atom. The van der Waals surface area contributed by atoms with Crippen LogP contribution >= 0.6 is 0 Å². The molecule has 0 bridgehead atoms. The smallest absolute Gasteiger partial charge is 0.115 e. The predicted molar refractivity (Wildman–Crippen MR) is 68.5 cm³/mol. The van der Waals surface area contributed by atoms with Gasteiger partial charge in [-0.3, -0.25) is 4.98 Å². The van der Waals surface area contributed by atoms with Gasteiger partial charge in [0.2, 0.25) is 0 Å². The highest BCUT2D eigenvalue weighted by Gasteiger charge is 2.23. The van der Waals surface area contributed by atoms with Gasteiger partial charge in [-0.2, -0.15) is 0 Å². The molecule has 1 nitrogen and oxygen atoms in total. The molecule has 0 spiro atoms. The molecular weight excluding hydrogens is 213 g/mol. The SMILES string of the molecule is CC1(F)CC=CCC=C(Cc2cccnc2)C1. The van der Waals surface area contributed by atoms with E-state index in [9.17, 15) is 4.39 Å². The van der Waals surface area contributed by atoms with Gasteiger partial charge in [0.25, 0.3) is 0 Å². The van der Waals surface area contributed by atoms with Crippen LogP contribution < -0.4 is 0 Å². The third-order valence-electron chi connectivity index (χ3n) is 3.00. The number of nitrogens with zero attached hydrogens (tertiary/aromatic N) is 1. The predicted octanol–water partition coefficient (Wildman–Crippen LogP) is 4.02. The van der Waals surface area contributed by atoms with Crippen molar-refractivity contribution in [1.82, 2.24) is 4.98 Å². The number of hydrogen-bond donors (Lipinski definition) is 0. The molecule has 0 N–H and O–H groups in total. The first kappa shape index (κ1) is 12.0. The van der Waals surface area contributed by atoms with Gasteiger partial charge in [-0.25, -0.2) is 4.39 Å². The highest BCUT2D eigenvalue weighted by atomic mass is 19.1. The molecule has 1 aliphatic rings. The minimum Gasteiger partial charge on any atom is -0.264 e. The summed E-state index contributed by atoms with van der Waals surface area (Å²) in [4.78, 5) is 4.09. The molecule has 0 fully saturated rings. The lowest BCUT2D eigenvalue weighted by molar-refractivity contribution is 0.191. The zero-order valence-corrected chi connectivity index (χ0v) is 10.2. The van der Waals surface area contributed by atoms with Crippen LogP contribution in [0.3, 0.4) is 0 Å². The first-order valence-electron chi connectivity index (χ1n) is 6.06. The number of alkyl halides is 1. The standard InChI is InChI=1S/C15H18FN/c1-15(16)8-4-2-3-6-13(11-15)10-14-7-5-9-17-12-14/h2,4-7,9,12H,3,8,10-11H2,1H3. The molecule has 0 radical (unpaired) electrons. The van der Waals surface area contributed by atoms with E-state index in [0.717, 1.165) is 18.4 Å². The van der Waals surface area contributed by atoms with Gasteiger partial charge in [-0.05, 0) is 37.8 Å². The van der Waals surface area contributed by atoms with Crippen LogP contribution in [0.4, 0.5) is 4.39 Å². The number of halogens is 1. The fourth-order valence-electron chi connectivity index (χ4n) is 2.18. The minimum atomic E-state index is -1.12. The van der Waals surface area contributed by atoms with Crippen molar-refractivity contribution >= 4 is 0 Å². The third kappa shape index (κ3) is 3.81. The molecule has 1 atom stereocenters. The Labute approximate surface area is 102 Å². The Morgan fingerprint density at radius 1 is 1.41 bits per heavy atom. The lowest BCUT2D eigenvalue weighted by Crippen LogP contribution is -2.19. The third-order valence-corrected chi connectivity index (χ3v) is 3.00. The number of pyridine rings is 1. The second-order valence-corrected chi connectivity index (χ2v) is 4.90. The van der Waals surface area contributed by atoms with E-state index >= 15 is 0 Å². The van der Waals surface area contributed by atoms with Gasteiger partial charge in [0.15, 0.2) is 0 Å². The summed E-state index contributed by atoms with van der Waals surface area (Å²) in [6, 6.07) is 3.96. The number of hydrogen-bond acceptors (Lipinski definition) is 1. The van der Waals surface area contributed by atoms with Crippen molar-refractivity contribution in [1.29, 1.82) is 0 Å². The molecule has 0 aromatic carbocycles. The number of allylic oxidation sites excluding steroid dienone is 4. The van der Waals surface area contributed by atoms with Crippen molar-refractivity contribution in [2.75, 3.05) is 0 Å². The van der Waals surface area contributed by atoms with Crippen molar-refractivity contribution < 1.29 is 4.39 Å². The van der Waals surface area contributed by atoms with Crippen molar-refractivity contribution in [3.05, 3.63) is 53.9 Å². The van der Waals surface area contributed by atoms with Crippen LogP contribution in [-0.4, -0.2) is 10.7 Å². The van der Waals surface area contributed by atoms with Gasteiger partial charge in [-0.15, -0.1) is 0 Å². The second kappa shape index (κ2) is 5.26. The Balaban J connectivity index is 2.11. The van der Waals surface area contributed by atoms with E-state index in [1.807, 2.05) is 30.5 Å². The average Bonchev–Trinajstić information content (AvgIpc) is 2.27. The molecule has 1 heterocycles. The van der Waals surface area contributed by atoms with Gasteiger partial charge in [0.1, 0.15) is 5.67 Å². The average molecular weight is 231 g/mol. The van der Waals surface area contributed by atoms with Crippen LogP contribution in [0.25, 0.3) is 0 Å². The molecule has 90 valence electrons. The van der Waals surface area contributed by atoms with Gasteiger partial charge in [0.05, 0.1) is 0 Å². The van der Waals surface area contributed by atoms with Crippen LogP contribution in [0.1, 0.15) is 31.7 Å². The van der Waals surface area contributed by atoms with Gasteiger partial charge < -0.3 is 0 Å². The molecule has 0 saturated heterocycles. The zero-order valence-electron chi connectivity index (χ0n) is 10.2. The largest absolute Gasteiger partial charge is 0.264 e. The first-order valence-corrected chi connectivity index (χ1v) is 6.06. The summed E-state index contributed by atoms with van der Waals surface area (Å²) in [6.45, 7) is 1.68. The molecule has 1 aromatic rings. The van der Waals surface area contributed by atoms with Crippen LogP contribution in [0, 0.1) is 0 Å². The van der Waals surface area contributed by atoms with Crippen molar-refractivity contribution in [3.8, 4) is 0 Å². The molecular formula is C15H18FN. The summed E-state index contributed by atoms with van der Waals surface area (Å²) < 4.78 is 14.2. The summed E-state index contributed by atoms with van der Waals surface area (Å²) >= 11 is 0. The highest BCUT2D eigenvalue weighted by molar-refractivity contribution is 5.21. The minimum absolute atomic E-state index is 0.511. The van der Waals surface area contributed by atoms with Crippen molar-refractivity contribution in [2.45, 2.75) is 38.3 Å². The first-order chi connectivity index (χ1) is 8.16. The maximum atomic E-state index is 14.2. The summed E-state index contributed by atoms with van der Waals surface area (Å²) in [6.07, 6.45) is 12.5. The molecule has 1 aliphatic carbocycles. The van der Waals surface area contributed by atoms with E-state index in [-0.39, 0.29) is 0 Å². The Kier molecular flexibility index (Phi) is 3.72. The molecule has 2 rings (SSSR count). The Bertz CT molecular complexity index is 418. The van der Waals surface area contributed by atoms with E-state index in [1.54, 1.807) is 13.1 Å². The van der Waals surface area contributed by atoms with Gasteiger partial charge >= 0.3 is 0 Å². The monoisotopic (exact) mass is 231 g/mol. The number of aromatic nitrogens is 1. The molecule has 1 aromatic heterocycles. The van der Waals surface area contributed by atoms with E-state index < -0.39 is 5.67 Å². The molecule has 0 saturated carbocycles.